The molecule has 0 spiro atoms. The summed E-state index contributed by atoms with van der Waals surface area (Å²) in [5, 5.41) is 4.82. The molecule has 1 amide bonds. The number of aromatic nitrogens is 1. The zero-order valence-electron chi connectivity index (χ0n) is 16.0. The number of carbonyl (C=O) groups is 1. The lowest BCUT2D eigenvalue weighted by Gasteiger charge is -2.13. The van der Waals surface area contributed by atoms with Gasteiger partial charge < -0.3 is 9.30 Å². The fourth-order valence-corrected chi connectivity index (χ4v) is 3.28. The summed E-state index contributed by atoms with van der Waals surface area (Å²) in [6.45, 7) is 4.03. The lowest BCUT2D eigenvalue weighted by Crippen LogP contribution is -2.26. The van der Waals surface area contributed by atoms with Crippen LogP contribution in [0, 0.1) is 13.8 Å². The van der Waals surface area contributed by atoms with Crippen LogP contribution in [0.4, 0.5) is 0 Å². The minimum Gasteiger partial charge on any atom is -0.367 e. The quantitative estimate of drug-likeness (QED) is 0.490. The standard InChI is InChI=1S/C22H22ClN3O2/c1-15-13-18(16(2)26(15)20-11-9-19(23)10-12-20)14-24-25-22(27)21(28-3)17-7-5-4-6-8-17/h4-14,21H,1-3H3,(H,25,27)/b24-14-/t21-/m0/s1. The van der Waals surface area contributed by atoms with Gasteiger partial charge in [-0.1, -0.05) is 41.9 Å². The molecule has 0 fully saturated rings. The van der Waals surface area contributed by atoms with Crippen LogP contribution >= 0.6 is 11.6 Å². The first kappa shape index (κ1) is 19.9. The van der Waals surface area contributed by atoms with Crippen LogP contribution in [-0.2, 0) is 9.53 Å². The van der Waals surface area contributed by atoms with Crippen molar-refractivity contribution in [2.24, 2.45) is 5.10 Å². The number of hydrazone groups is 1. The highest BCUT2D eigenvalue weighted by molar-refractivity contribution is 6.30. The maximum Gasteiger partial charge on any atom is 0.273 e. The van der Waals surface area contributed by atoms with E-state index in [2.05, 4.69) is 15.1 Å². The minimum absolute atomic E-state index is 0.323. The maximum atomic E-state index is 12.4. The molecule has 6 heteroatoms. The first-order valence-electron chi connectivity index (χ1n) is 8.87. The van der Waals surface area contributed by atoms with Crippen molar-refractivity contribution in [2.75, 3.05) is 7.11 Å². The van der Waals surface area contributed by atoms with Gasteiger partial charge in [-0.05, 0) is 49.7 Å². The van der Waals surface area contributed by atoms with Gasteiger partial charge in [-0.25, -0.2) is 5.43 Å². The van der Waals surface area contributed by atoms with Crippen molar-refractivity contribution < 1.29 is 9.53 Å². The largest absolute Gasteiger partial charge is 0.367 e. The molecule has 0 unspecified atom stereocenters. The van der Waals surface area contributed by atoms with E-state index in [1.54, 1.807) is 6.21 Å². The smallest absolute Gasteiger partial charge is 0.273 e. The van der Waals surface area contributed by atoms with Crippen LogP contribution in [0.25, 0.3) is 5.69 Å². The molecule has 0 saturated heterocycles. The SMILES string of the molecule is CO[C@H](C(=O)N/N=C\c1cc(C)n(-c2ccc(Cl)cc2)c1C)c1ccccc1. The topological polar surface area (TPSA) is 55.6 Å². The van der Waals surface area contributed by atoms with Gasteiger partial charge in [-0.2, -0.15) is 5.10 Å². The number of nitrogens with one attached hydrogen (secondary N) is 1. The summed E-state index contributed by atoms with van der Waals surface area (Å²) < 4.78 is 7.43. The van der Waals surface area contributed by atoms with E-state index >= 15 is 0 Å². The van der Waals surface area contributed by atoms with Crippen molar-refractivity contribution in [2.45, 2.75) is 20.0 Å². The van der Waals surface area contributed by atoms with Crippen LogP contribution in [0.5, 0.6) is 0 Å². The molecule has 0 saturated carbocycles. The highest BCUT2D eigenvalue weighted by atomic mass is 35.5. The third-order valence-corrected chi connectivity index (χ3v) is 4.76. The Bertz CT molecular complexity index is 979. The zero-order valence-corrected chi connectivity index (χ0v) is 16.8. The van der Waals surface area contributed by atoms with E-state index in [1.807, 2.05) is 74.5 Å². The minimum atomic E-state index is -0.708. The average Bonchev–Trinajstić information content (AvgIpc) is 2.97. The molecule has 1 N–H and O–H groups in total. The molecule has 0 bridgehead atoms. The van der Waals surface area contributed by atoms with E-state index in [9.17, 15) is 4.79 Å². The molecular weight excluding hydrogens is 374 g/mol. The fourth-order valence-electron chi connectivity index (χ4n) is 3.15. The Kier molecular flexibility index (Phi) is 6.29. The Morgan fingerprint density at radius 3 is 2.46 bits per heavy atom. The third-order valence-electron chi connectivity index (χ3n) is 4.51. The highest BCUT2D eigenvalue weighted by Crippen LogP contribution is 2.21. The molecule has 0 radical (unpaired) electrons. The van der Waals surface area contributed by atoms with E-state index in [0.717, 1.165) is 28.2 Å². The van der Waals surface area contributed by atoms with E-state index in [-0.39, 0.29) is 5.91 Å². The van der Waals surface area contributed by atoms with Gasteiger partial charge in [-0.3, -0.25) is 4.79 Å². The van der Waals surface area contributed by atoms with Crippen LogP contribution in [-0.4, -0.2) is 23.8 Å². The molecule has 28 heavy (non-hydrogen) atoms. The molecule has 3 aromatic rings. The summed E-state index contributed by atoms with van der Waals surface area (Å²) in [7, 11) is 1.50. The molecule has 3 rings (SSSR count). The fraction of sp³-hybridized carbons (Fsp3) is 0.182. The summed E-state index contributed by atoms with van der Waals surface area (Å²) in [4.78, 5) is 12.4. The van der Waals surface area contributed by atoms with Crippen molar-refractivity contribution >= 4 is 23.7 Å². The monoisotopic (exact) mass is 395 g/mol. The van der Waals surface area contributed by atoms with Gasteiger partial charge in [0, 0.05) is 34.8 Å². The predicted octanol–water partition coefficient (Wildman–Crippen LogP) is 4.59. The number of rotatable bonds is 6. The van der Waals surface area contributed by atoms with Crippen LogP contribution in [0.3, 0.4) is 0 Å². The van der Waals surface area contributed by atoms with Gasteiger partial charge in [-0.15, -0.1) is 0 Å². The lowest BCUT2D eigenvalue weighted by atomic mass is 10.1. The summed E-state index contributed by atoms with van der Waals surface area (Å²) in [5.41, 5.74) is 7.36. The number of methoxy groups -OCH3 is 1. The van der Waals surface area contributed by atoms with Crippen LogP contribution in [0.2, 0.25) is 5.02 Å². The molecule has 1 aromatic heterocycles. The highest BCUT2D eigenvalue weighted by Gasteiger charge is 2.19. The molecule has 0 aliphatic rings. The summed E-state index contributed by atoms with van der Waals surface area (Å²) in [5.74, 6) is -0.323. The predicted molar refractivity (Wildman–Crippen MR) is 112 cm³/mol. The lowest BCUT2D eigenvalue weighted by molar-refractivity contribution is -0.131. The maximum absolute atomic E-state index is 12.4. The molecule has 1 heterocycles. The average molecular weight is 396 g/mol. The van der Waals surface area contributed by atoms with Gasteiger partial charge >= 0.3 is 0 Å². The van der Waals surface area contributed by atoms with Crippen molar-refractivity contribution in [1.29, 1.82) is 0 Å². The number of amides is 1. The molecule has 0 aliphatic carbocycles. The number of carbonyl (C=O) groups excluding carboxylic acids is 1. The van der Waals surface area contributed by atoms with Crippen LogP contribution in [0.15, 0.2) is 65.8 Å². The van der Waals surface area contributed by atoms with Crippen molar-refractivity contribution in [3.05, 3.63) is 88.2 Å². The first-order chi connectivity index (χ1) is 13.5. The van der Waals surface area contributed by atoms with Crippen molar-refractivity contribution in [3.63, 3.8) is 0 Å². The molecular formula is C22H22ClN3O2. The van der Waals surface area contributed by atoms with E-state index in [4.69, 9.17) is 16.3 Å². The number of hydrogen-bond acceptors (Lipinski definition) is 3. The van der Waals surface area contributed by atoms with Crippen LogP contribution < -0.4 is 5.43 Å². The van der Waals surface area contributed by atoms with Crippen molar-refractivity contribution in [1.82, 2.24) is 9.99 Å². The van der Waals surface area contributed by atoms with E-state index in [0.29, 0.717) is 5.02 Å². The number of ether oxygens (including phenoxy) is 1. The molecule has 5 nitrogen and oxygen atoms in total. The Morgan fingerprint density at radius 2 is 1.82 bits per heavy atom. The zero-order chi connectivity index (χ0) is 20.1. The Balaban J connectivity index is 1.75. The summed E-state index contributed by atoms with van der Waals surface area (Å²) in [6.07, 6.45) is 0.935. The number of aryl methyl sites for hydroxylation is 1. The van der Waals surface area contributed by atoms with E-state index < -0.39 is 6.10 Å². The third kappa shape index (κ3) is 4.32. The second-order valence-corrected chi connectivity index (χ2v) is 6.84. The van der Waals surface area contributed by atoms with Crippen molar-refractivity contribution in [3.8, 4) is 5.69 Å². The van der Waals surface area contributed by atoms with Gasteiger partial charge in [0.15, 0.2) is 6.10 Å². The summed E-state index contributed by atoms with van der Waals surface area (Å²) in [6, 6.07) is 19.0. The van der Waals surface area contributed by atoms with Gasteiger partial charge in [0.05, 0.1) is 6.21 Å². The van der Waals surface area contributed by atoms with E-state index in [1.165, 1.54) is 7.11 Å². The number of nitrogens with zero attached hydrogens (tertiary/aromatic N) is 2. The number of hydrogen-bond donors (Lipinski definition) is 1. The summed E-state index contributed by atoms with van der Waals surface area (Å²) >= 11 is 5.98. The van der Waals surface area contributed by atoms with Crippen LogP contribution in [0.1, 0.15) is 28.6 Å². The molecule has 2 aromatic carbocycles. The Labute approximate surface area is 169 Å². The first-order valence-corrected chi connectivity index (χ1v) is 9.24. The number of halogens is 1. The van der Waals surface area contributed by atoms with Gasteiger partial charge in [0.2, 0.25) is 0 Å². The number of benzene rings is 2. The van der Waals surface area contributed by atoms with Gasteiger partial charge in [0.25, 0.3) is 5.91 Å². The normalized spacial score (nSPS) is 12.3. The second-order valence-electron chi connectivity index (χ2n) is 6.40. The molecule has 144 valence electrons. The molecule has 0 aliphatic heterocycles. The second kappa shape index (κ2) is 8.87. The molecule has 1 atom stereocenters. The Morgan fingerprint density at radius 1 is 1.14 bits per heavy atom. The Hall–Kier alpha value is -2.89. The van der Waals surface area contributed by atoms with Gasteiger partial charge in [0.1, 0.15) is 0 Å².